The second-order valence-corrected chi connectivity index (χ2v) is 7.57. The van der Waals surface area contributed by atoms with Crippen molar-refractivity contribution in [2.24, 2.45) is 0 Å². The molecule has 2 aromatic carbocycles. The Morgan fingerprint density at radius 2 is 1.87 bits per heavy atom. The van der Waals surface area contributed by atoms with E-state index in [4.69, 9.17) is 0 Å². The van der Waals surface area contributed by atoms with Crippen molar-refractivity contribution in [1.82, 2.24) is 24.9 Å². The normalized spacial score (nSPS) is 10.9. The third-order valence-corrected chi connectivity index (χ3v) is 4.95. The Labute approximate surface area is 180 Å². The first kappa shape index (κ1) is 20.5. The van der Waals surface area contributed by atoms with Gasteiger partial charge >= 0.3 is 0 Å². The van der Waals surface area contributed by atoms with Crippen LogP contribution in [0.15, 0.2) is 67.1 Å². The van der Waals surface area contributed by atoms with Crippen molar-refractivity contribution in [3.63, 3.8) is 0 Å². The Hall–Kier alpha value is -3.74. The number of carbonyl (C=O) groups excluding carboxylic acids is 1. The number of halogens is 1. The van der Waals surface area contributed by atoms with Crippen molar-refractivity contribution in [3.8, 4) is 16.9 Å². The lowest BCUT2D eigenvalue weighted by Crippen LogP contribution is -2.25. The van der Waals surface area contributed by atoms with Gasteiger partial charge in [-0.3, -0.25) is 9.48 Å². The number of aryl methyl sites for hydroxylation is 3. The van der Waals surface area contributed by atoms with Gasteiger partial charge in [0.05, 0.1) is 17.4 Å². The first-order valence-corrected chi connectivity index (χ1v) is 10.2. The molecule has 6 nitrogen and oxygen atoms in total. The van der Waals surface area contributed by atoms with E-state index in [0.717, 1.165) is 29.7 Å². The quantitative estimate of drug-likeness (QED) is 0.456. The van der Waals surface area contributed by atoms with Gasteiger partial charge in [-0.2, -0.15) is 10.2 Å². The van der Waals surface area contributed by atoms with Crippen LogP contribution in [-0.2, 0) is 6.54 Å². The third kappa shape index (κ3) is 4.88. The fourth-order valence-electron chi connectivity index (χ4n) is 3.40. The zero-order valence-corrected chi connectivity index (χ0v) is 17.5. The van der Waals surface area contributed by atoms with Crippen molar-refractivity contribution in [2.45, 2.75) is 26.8 Å². The Morgan fingerprint density at radius 1 is 1.06 bits per heavy atom. The number of nitrogens with zero attached hydrogens (tertiary/aromatic N) is 4. The lowest BCUT2D eigenvalue weighted by atomic mass is 10.1. The summed E-state index contributed by atoms with van der Waals surface area (Å²) in [6.45, 7) is 5.24. The lowest BCUT2D eigenvalue weighted by molar-refractivity contribution is 0.0953. The molecule has 0 bridgehead atoms. The van der Waals surface area contributed by atoms with Gasteiger partial charge in [-0.15, -0.1) is 0 Å². The monoisotopic (exact) mass is 417 g/mol. The summed E-state index contributed by atoms with van der Waals surface area (Å²) in [5, 5.41) is 11.9. The van der Waals surface area contributed by atoms with Gasteiger partial charge < -0.3 is 5.32 Å². The first-order chi connectivity index (χ1) is 15.0. The summed E-state index contributed by atoms with van der Waals surface area (Å²) < 4.78 is 16.8. The molecule has 0 spiro atoms. The highest BCUT2D eigenvalue weighted by molar-refractivity contribution is 6.00. The molecule has 7 heteroatoms. The van der Waals surface area contributed by atoms with Crippen molar-refractivity contribution in [2.75, 3.05) is 6.54 Å². The van der Waals surface area contributed by atoms with Gasteiger partial charge in [-0.25, -0.2) is 9.07 Å². The van der Waals surface area contributed by atoms with Crippen LogP contribution >= 0.6 is 0 Å². The predicted molar refractivity (Wildman–Crippen MR) is 118 cm³/mol. The average Bonchev–Trinajstić information content (AvgIpc) is 3.38. The Bertz CT molecular complexity index is 1190. The molecular formula is C24H24FN5O. The molecule has 0 aliphatic carbocycles. The number of aromatic nitrogens is 4. The van der Waals surface area contributed by atoms with E-state index in [-0.39, 0.29) is 11.7 Å². The Balaban J connectivity index is 1.55. The molecule has 1 amide bonds. The molecule has 0 unspecified atom stereocenters. The number of amides is 1. The van der Waals surface area contributed by atoms with Crippen LogP contribution in [0.3, 0.4) is 0 Å². The lowest BCUT2D eigenvalue weighted by Gasteiger charge is -2.06. The van der Waals surface area contributed by atoms with Crippen LogP contribution in [0.4, 0.5) is 4.39 Å². The smallest absolute Gasteiger partial charge is 0.255 e. The summed E-state index contributed by atoms with van der Waals surface area (Å²) in [5.74, 6) is -0.512. The van der Waals surface area contributed by atoms with Gasteiger partial charge in [0.15, 0.2) is 0 Å². The van der Waals surface area contributed by atoms with Gasteiger partial charge in [0.1, 0.15) is 11.5 Å². The number of hydrogen-bond donors (Lipinski definition) is 1. The summed E-state index contributed by atoms with van der Waals surface area (Å²) in [7, 11) is 0. The van der Waals surface area contributed by atoms with Crippen LogP contribution in [0.25, 0.3) is 16.9 Å². The summed E-state index contributed by atoms with van der Waals surface area (Å²) in [6, 6.07) is 13.9. The minimum absolute atomic E-state index is 0.193. The molecule has 31 heavy (non-hydrogen) atoms. The molecule has 1 N–H and O–H groups in total. The van der Waals surface area contributed by atoms with Crippen LogP contribution in [-0.4, -0.2) is 32.0 Å². The van der Waals surface area contributed by atoms with Gasteiger partial charge in [0, 0.05) is 31.0 Å². The third-order valence-electron chi connectivity index (χ3n) is 4.95. The minimum Gasteiger partial charge on any atom is -0.352 e. The molecule has 4 aromatic rings. The van der Waals surface area contributed by atoms with E-state index in [2.05, 4.69) is 15.5 Å². The van der Waals surface area contributed by atoms with Gasteiger partial charge in [0.2, 0.25) is 0 Å². The van der Waals surface area contributed by atoms with E-state index < -0.39 is 0 Å². The van der Waals surface area contributed by atoms with Gasteiger partial charge in [-0.05, 0) is 56.2 Å². The predicted octanol–water partition coefficient (Wildman–Crippen LogP) is 4.31. The molecule has 0 radical (unpaired) electrons. The zero-order valence-electron chi connectivity index (χ0n) is 17.5. The fraction of sp³-hybridized carbons (Fsp3) is 0.208. The molecule has 0 atom stereocenters. The molecule has 2 aromatic heterocycles. The van der Waals surface area contributed by atoms with E-state index in [0.29, 0.717) is 23.5 Å². The summed E-state index contributed by atoms with van der Waals surface area (Å²) in [4.78, 5) is 13.0. The molecule has 4 rings (SSSR count). The van der Waals surface area contributed by atoms with E-state index in [9.17, 15) is 9.18 Å². The fourth-order valence-corrected chi connectivity index (χ4v) is 3.40. The molecule has 158 valence electrons. The zero-order chi connectivity index (χ0) is 21.8. The van der Waals surface area contributed by atoms with E-state index in [1.54, 1.807) is 23.0 Å². The Morgan fingerprint density at radius 3 is 2.58 bits per heavy atom. The number of nitrogens with one attached hydrogen (secondary N) is 1. The van der Waals surface area contributed by atoms with Crippen LogP contribution < -0.4 is 5.32 Å². The van der Waals surface area contributed by atoms with Gasteiger partial charge in [-0.1, -0.05) is 23.8 Å². The standard InChI is InChI=1S/C24H24FN5O/c1-17-5-3-6-19(13-17)23-22(16-30(28-23)21-9-7-20(25)8-10-21)24(31)26-11-4-12-29-15-18(2)14-27-29/h3,5-10,13-16H,4,11-12H2,1-2H3,(H,26,31). The van der Waals surface area contributed by atoms with Crippen molar-refractivity contribution in [3.05, 3.63) is 89.6 Å². The van der Waals surface area contributed by atoms with Crippen molar-refractivity contribution in [1.29, 1.82) is 0 Å². The van der Waals surface area contributed by atoms with Crippen LogP contribution in [0, 0.1) is 19.7 Å². The molecule has 0 aliphatic rings. The highest BCUT2D eigenvalue weighted by atomic mass is 19.1. The second kappa shape index (κ2) is 8.95. The molecule has 2 heterocycles. The minimum atomic E-state index is -0.319. The first-order valence-electron chi connectivity index (χ1n) is 10.2. The number of hydrogen-bond acceptors (Lipinski definition) is 3. The summed E-state index contributed by atoms with van der Waals surface area (Å²) in [5.41, 5.74) is 4.80. The Kier molecular flexibility index (Phi) is 5.93. The van der Waals surface area contributed by atoms with E-state index in [1.807, 2.05) is 55.2 Å². The maximum Gasteiger partial charge on any atom is 0.255 e. The molecular weight excluding hydrogens is 393 g/mol. The SMILES string of the molecule is Cc1cccc(-c2nn(-c3ccc(F)cc3)cc2C(=O)NCCCn2cc(C)cn2)c1. The maximum atomic E-state index is 13.3. The summed E-state index contributed by atoms with van der Waals surface area (Å²) >= 11 is 0. The molecule has 0 fully saturated rings. The molecule has 0 saturated heterocycles. The number of benzene rings is 2. The average molecular weight is 417 g/mol. The van der Waals surface area contributed by atoms with E-state index >= 15 is 0 Å². The maximum absolute atomic E-state index is 13.3. The number of carbonyl (C=O) groups is 1. The highest BCUT2D eigenvalue weighted by Crippen LogP contribution is 2.25. The van der Waals surface area contributed by atoms with Gasteiger partial charge in [0.25, 0.3) is 5.91 Å². The number of rotatable bonds is 7. The van der Waals surface area contributed by atoms with Crippen LogP contribution in [0.2, 0.25) is 0 Å². The molecule has 0 aliphatic heterocycles. The highest BCUT2D eigenvalue weighted by Gasteiger charge is 2.18. The largest absolute Gasteiger partial charge is 0.352 e. The molecule has 0 saturated carbocycles. The van der Waals surface area contributed by atoms with Crippen LogP contribution in [0.5, 0.6) is 0 Å². The van der Waals surface area contributed by atoms with Crippen molar-refractivity contribution >= 4 is 5.91 Å². The topological polar surface area (TPSA) is 64.7 Å². The van der Waals surface area contributed by atoms with Crippen LogP contribution in [0.1, 0.15) is 27.9 Å². The summed E-state index contributed by atoms with van der Waals surface area (Å²) in [6.07, 6.45) is 6.25. The van der Waals surface area contributed by atoms with E-state index in [1.165, 1.54) is 12.1 Å². The second-order valence-electron chi connectivity index (χ2n) is 7.57. The van der Waals surface area contributed by atoms with Crippen molar-refractivity contribution < 1.29 is 9.18 Å².